The molecule has 0 bridgehead atoms. The lowest BCUT2D eigenvalue weighted by Crippen LogP contribution is -2.45. The molecule has 136 valence electrons. The maximum absolute atomic E-state index is 4.30. The van der Waals surface area contributed by atoms with Gasteiger partial charge in [-0.05, 0) is 49.3 Å². The van der Waals surface area contributed by atoms with Gasteiger partial charge in [-0.25, -0.2) is 0 Å². The Hall–Kier alpha value is -0.730. The summed E-state index contributed by atoms with van der Waals surface area (Å²) in [5.41, 5.74) is 1.35. The van der Waals surface area contributed by atoms with Crippen LogP contribution in [0.4, 0.5) is 0 Å². The van der Waals surface area contributed by atoms with Crippen LogP contribution in [0, 0.1) is 17.8 Å². The fraction of sp³-hybridized carbons (Fsp3) is 0.636. The third-order valence-electron chi connectivity index (χ3n) is 4.54. The molecule has 0 fully saturated rings. The molecule has 3 unspecified atom stereocenters. The van der Waals surface area contributed by atoms with E-state index < -0.39 is 0 Å². The first-order chi connectivity index (χ1) is 11.5. The summed E-state index contributed by atoms with van der Waals surface area (Å²) in [4.78, 5) is 0. The molecule has 0 saturated carbocycles. The molecule has 1 N–H and O–H groups in total. The van der Waals surface area contributed by atoms with Crippen molar-refractivity contribution in [3.8, 4) is 0 Å². The van der Waals surface area contributed by atoms with E-state index in [1.807, 2.05) is 11.8 Å². The highest BCUT2D eigenvalue weighted by Crippen LogP contribution is 2.37. The Balaban J connectivity index is 2.70. The average Bonchev–Trinajstić information content (AvgIpc) is 2.53. The Bertz CT molecular complexity index is 445. The van der Waals surface area contributed by atoms with Gasteiger partial charge in [-0.15, -0.1) is 11.8 Å². The second-order valence-corrected chi connectivity index (χ2v) is 8.67. The van der Waals surface area contributed by atoms with E-state index in [0.717, 1.165) is 19.4 Å². The van der Waals surface area contributed by atoms with E-state index in [1.54, 1.807) is 0 Å². The van der Waals surface area contributed by atoms with Gasteiger partial charge in [0.25, 0.3) is 0 Å². The van der Waals surface area contributed by atoms with Crippen molar-refractivity contribution in [2.45, 2.75) is 65.2 Å². The summed E-state index contributed by atoms with van der Waals surface area (Å²) in [6.45, 7) is 16.5. The molecule has 1 rings (SSSR count). The topological polar surface area (TPSA) is 12.0 Å². The zero-order valence-corrected chi connectivity index (χ0v) is 17.1. The van der Waals surface area contributed by atoms with E-state index >= 15 is 0 Å². The zero-order valence-electron chi connectivity index (χ0n) is 16.3. The van der Waals surface area contributed by atoms with Crippen molar-refractivity contribution in [2.75, 3.05) is 6.54 Å². The number of nitrogens with one attached hydrogen (secondary N) is 1. The molecule has 1 nitrogen and oxygen atoms in total. The highest BCUT2D eigenvalue weighted by Gasteiger charge is 2.32. The largest absolute Gasteiger partial charge is 0.310 e. The maximum Gasteiger partial charge on any atom is 0.0172 e. The molecule has 1 aliphatic heterocycles. The minimum atomic E-state index is 0.554. The maximum atomic E-state index is 4.30. The van der Waals surface area contributed by atoms with Gasteiger partial charge in [0.15, 0.2) is 0 Å². The Kier molecular flexibility index (Phi) is 10.4. The molecule has 3 atom stereocenters. The van der Waals surface area contributed by atoms with Gasteiger partial charge in [0.05, 0.1) is 0 Å². The molecule has 0 saturated heterocycles. The number of hydrogen-bond donors (Lipinski definition) is 1. The second kappa shape index (κ2) is 11.8. The summed E-state index contributed by atoms with van der Waals surface area (Å²) in [6.07, 6.45) is 14.6. The molecule has 0 radical (unpaired) electrons. The van der Waals surface area contributed by atoms with Crippen molar-refractivity contribution in [3.63, 3.8) is 0 Å². The summed E-state index contributed by atoms with van der Waals surface area (Å²) in [6, 6.07) is 0.554. The van der Waals surface area contributed by atoms with Crippen molar-refractivity contribution in [1.29, 1.82) is 0 Å². The molecule has 1 heterocycles. The van der Waals surface area contributed by atoms with Crippen LogP contribution in [0.25, 0.3) is 0 Å². The van der Waals surface area contributed by atoms with Crippen LogP contribution in [-0.2, 0) is 0 Å². The van der Waals surface area contributed by atoms with Gasteiger partial charge in [0, 0.05) is 17.8 Å². The van der Waals surface area contributed by atoms with E-state index in [0.29, 0.717) is 29.0 Å². The predicted molar refractivity (Wildman–Crippen MR) is 112 cm³/mol. The molecule has 24 heavy (non-hydrogen) atoms. The highest BCUT2D eigenvalue weighted by molar-refractivity contribution is 8.02. The first-order valence-corrected chi connectivity index (χ1v) is 10.4. The summed E-state index contributed by atoms with van der Waals surface area (Å²) in [7, 11) is 0. The summed E-state index contributed by atoms with van der Waals surface area (Å²) >= 11 is 2.00. The third kappa shape index (κ3) is 7.90. The number of allylic oxidation sites excluding steroid dienone is 5. The molecular weight excluding hydrogens is 310 g/mol. The molecule has 0 aromatic rings. The van der Waals surface area contributed by atoms with Crippen LogP contribution in [0.15, 0.2) is 47.9 Å². The molecule has 0 spiro atoms. The molecule has 0 aliphatic carbocycles. The van der Waals surface area contributed by atoms with Gasteiger partial charge in [-0.1, -0.05) is 70.2 Å². The average molecular weight is 348 g/mol. The molecule has 0 aromatic carbocycles. The Morgan fingerprint density at radius 2 is 2.04 bits per heavy atom. The smallest absolute Gasteiger partial charge is 0.0172 e. The van der Waals surface area contributed by atoms with Crippen molar-refractivity contribution >= 4 is 11.8 Å². The Morgan fingerprint density at radius 3 is 2.67 bits per heavy atom. The van der Waals surface area contributed by atoms with Crippen LogP contribution in [0.2, 0.25) is 0 Å². The summed E-state index contributed by atoms with van der Waals surface area (Å²) in [5.74, 6) is 1.94. The molecule has 0 amide bonds. The van der Waals surface area contributed by atoms with Crippen LogP contribution in [0.1, 0.15) is 53.9 Å². The normalized spacial score (nSPS) is 23.0. The quantitative estimate of drug-likeness (QED) is 0.461. The molecule has 0 aromatic heterocycles. The lowest BCUT2D eigenvalue weighted by molar-refractivity contribution is 0.282. The Labute approximate surface area is 154 Å². The molecule has 2 heteroatoms. The Morgan fingerprint density at radius 1 is 1.29 bits per heavy atom. The summed E-state index contributed by atoms with van der Waals surface area (Å²) in [5, 5.41) is 6.75. The van der Waals surface area contributed by atoms with E-state index in [-0.39, 0.29) is 0 Å². The highest BCUT2D eigenvalue weighted by atomic mass is 32.2. The fourth-order valence-electron chi connectivity index (χ4n) is 3.28. The van der Waals surface area contributed by atoms with Gasteiger partial charge < -0.3 is 5.32 Å². The minimum Gasteiger partial charge on any atom is -0.310 e. The SMILES string of the molecule is C=C(C/C=C\C)CC1SC=CCC1C(NC/C=C\C(C)C)C(C)C. The number of rotatable bonds is 10. The number of hydrogen-bond acceptors (Lipinski definition) is 2. The van der Waals surface area contributed by atoms with Crippen LogP contribution in [0.3, 0.4) is 0 Å². The van der Waals surface area contributed by atoms with Crippen LogP contribution in [0.5, 0.6) is 0 Å². The van der Waals surface area contributed by atoms with Gasteiger partial charge >= 0.3 is 0 Å². The molecule has 1 aliphatic rings. The first kappa shape index (κ1) is 21.3. The van der Waals surface area contributed by atoms with E-state index in [1.165, 1.54) is 12.0 Å². The van der Waals surface area contributed by atoms with Gasteiger partial charge in [0.2, 0.25) is 0 Å². The molecular formula is C22H37NS. The lowest BCUT2D eigenvalue weighted by atomic mass is 9.83. The van der Waals surface area contributed by atoms with E-state index in [9.17, 15) is 0 Å². The van der Waals surface area contributed by atoms with Gasteiger partial charge in [-0.2, -0.15) is 0 Å². The first-order valence-electron chi connectivity index (χ1n) is 9.44. The van der Waals surface area contributed by atoms with Crippen LogP contribution in [-0.4, -0.2) is 17.8 Å². The van der Waals surface area contributed by atoms with E-state index in [2.05, 4.69) is 82.3 Å². The monoisotopic (exact) mass is 347 g/mol. The van der Waals surface area contributed by atoms with Crippen molar-refractivity contribution in [2.24, 2.45) is 17.8 Å². The van der Waals surface area contributed by atoms with Gasteiger partial charge in [0.1, 0.15) is 0 Å². The standard InChI is InChI=1S/C22H37NS/c1-7-8-12-19(6)16-21-20(13-10-15-24-21)22(18(4)5)23-14-9-11-17(2)3/h7-11,15,17-18,20-23H,6,12-14,16H2,1-5H3/b8-7-,11-9-. The zero-order chi connectivity index (χ0) is 17.9. The summed E-state index contributed by atoms with van der Waals surface area (Å²) < 4.78 is 0. The third-order valence-corrected chi connectivity index (χ3v) is 5.75. The van der Waals surface area contributed by atoms with Crippen molar-refractivity contribution in [3.05, 3.63) is 47.9 Å². The van der Waals surface area contributed by atoms with Gasteiger partial charge in [-0.3, -0.25) is 0 Å². The predicted octanol–water partition coefficient (Wildman–Crippen LogP) is 6.36. The van der Waals surface area contributed by atoms with Crippen molar-refractivity contribution in [1.82, 2.24) is 5.32 Å². The second-order valence-electron chi connectivity index (χ2n) is 7.52. The lowest BCUT2D eigenvalue weighted by Gasteiger charge is -2.37. The van der Waals surface area contributed by atoms with Crippen LogP contribution < -0.4 is 5.32 Å². The van der Waals surface area contributed by atoms with E-state index in [4.69, 9.17) is 0 Å². The minimum absolute atomic E-state index is 0.554. The fourth-order valence-corrected chi connectivity index (χ4v) is 4.52. The van der Waals surface area contributed by atoms with Crippen LogP contribution >= 0.6 is 11.8 Å². The number of thioether (sulfide) groups is 1. The van der Waals surface area contributed by atoms with Crippen molar-refractivity contribution < 1.29 is 0 Å².